The van der Waals surface area contributed by atoms with Gasteiger partial charge in [-0.25, -0.2) is 0 Å². The first-order valence-corrected chi connectivity index (χ1v) is 7.30. The summed E-state index contributed by atoms with van der Waals surface area (Å²) in [4.78, 5) is 26.0. The molecule has 0 saturated heterocycles. The largest absolute Gasteiger partial charge is 0.437 e. The van der Waals surface area contributed by atoms with Gasteiger partial charge in [0.25, 0.3) is 5.91 Å². The van der Waals surface area contributed by atoms with E-state index in [0.717, 1.165) is 24.8 Å². The molecular weight excluding hydrogens is 254 g/mol. The molecule has 4 nitrogen and oxygen atoms in total. The van der Waals surface area contributed by atoms with E-state index >= 15 is 0 Å². The van der Waals surface area contributed by atoms with Gasteiger partial charge in [-0.3, -0.25) is 14.5 Å². The third-order valence-corrected chi connectivity index (χ3v) is 3.85. The maximum Gasteiger partial charge on any atom is 0.307 e. The monoisotopic (exact) mass is 273 g/mol. The summed E-state index contributed by atoms with van der Waals surface area (Å²) in [5.74, 6) is 0.324. The molecule has 1 fully saturated rings. The molecule has 1 unspecified atom stereocenters. The van der Waals surface area contributed by atoms with Crippen molar-refractivity contribution in [2.75, 3.05) is 6.54 Å². The number of benzene rings is 1. The van der Waals surface area contributed by atoms with Crippen LogP contribution in [0.2, 0.25) is 0 Å². The summed E-state index contributed by atoms with van der Waals surface area (Å²) < 4.78 is 5.56. The molecule has 0 spiro atoms. The van der Waals surface area contributed by atoms with Gasteiger partial charge < -0.3 is 4.74 Å². The Bertz CT molecular complexity index is 536. The van der Waals surface area contributed by atoms with Crippen molar-refractivity contribution >= 4 is 11.9 Å². The van der Waals surface area contributed by atoms with Crippen LogP contribution in [-0.2, 0) is 9.53 Å². The highest BCUT2D eigenvalue weighted by Crippen LogP contribution is 2.39. The van der Waals surface area contributed by atoms with E-state index in [2.05, 4.69) is 0 Å². The van der Waals surface area contributed by atoms with E-state index in [1.165, 1.54) is 0 Å². The second kappa shape index (κ2) is 5.27. The van der Waals surface area contributed by atoms with E-state index in [4.69, 9.17) is 4.74 Å². The van der Waals surface area contributed by atoms with Gasteiger partial charge in [-0.1, -0.05) is 25.1 Å². The normalized spacial score (nSPS) is 20.9. The van der Waals surface area contributed by atoms with Crippen molar-refractivity contribution in [3.05, 3.63) is 35.4 Å². The third-order valence-electron chi connectivity index (χ3n) is 3.85. The number of esters is 1. The molecule has 4 heteroatoms. The van der Waals surface area contributed by atoms with Crippen LogP contribution in [0.25, 0.3) is 0 Å². The maximum atomic E-state index is 12.4. The molecule has 1 aromatic rings. The molecule has 106 valence electrons. The van der Waals surface area contributed by atoms with E-state index in [-0.39, 0.29) is 11.9 Å². The summed E-state index contributed by atoms with van der Waals surface area (Å²) in [5.41, 5.74) is 1.49. The first-order valence-electron chi connectivity index (χ1n) is 7.30. The first-order chi connectivity index (χ1) is 9.70. The fourth-order valence-corrected chi connectivity index (χ4v) is 2.61. The summed E-state index contributed by atoms with van der Waals surface area (Å²) in [5, 5.41) is 0. The van der Waals surface area contributed by atoms with E-state index < -0.39 is 6.23 Å². The molecule has 20 heavy (non-hydrogen) atoms. The zero-order valence-electron chi connectivity index (χ0n) is 11.7. The minimum atomic E-state index is -0.529. The number of rotatable bonds is 5. The Hall–Kier alpha value is -1.84. The van der Waals surface area contributed by atoms with Gasteiger partial charge in [0.1, 0.15) is 0 Å². The number of carbonyl (C=O) groups is 2. The van der Waals surface area contributed by atoms with Crippen molar-refractivity contribution in [3.63, 3.8) is 0 Å². The molecular formula is C16H19NO3. The van der Waals surface area contributed by atoms with Crippen LogP contribution in [0.3, 0.4) is 0 Å². The molecule has 3 rings (SSSR count). The summed E-state index contributed by atoms with van der Waals surface area (Å²) in [6, 6.07) is 7.42. The maximum absolute atomic E-state index is 12.4. The number of hydrogen-bond donors (Lipinski definition) is 0. The number of nitrogens with zero attached hydrogens (tertiary/aromatic N) is 1. The average molecular weight is 273 g/mol. The fraction of sp³-hybridized carbons (Fsp3) is 0.500. The van der Waals surface area contributed by atoms with Crippen LogP contribution in [0.1, 0.15) is 54.8 Å². The number of hydrogen-bond acceptors (Lipinski definition) is 3. The van der Waals surface area contributed by atoms with Crippen LogP contribution in [0.4, 0.5) is 0 Å². The molecule has 2 aliphatic rings. The van der Waals surface area contributed by atoms with Crippen LogP contribution in [0.5, 0.6) is 0 Å². The van der Waals surface area contributed by atoms with Gasteiger partial charge in [0.15, 0.2) is 0 Å². The second-order valence-electron chi connectivity index (χ2n) is 5.58. The average Bonchev–Trinajstić information content (AvgIpc) is 3.22. The van der Waals surface area contributed by atoms with Crippen LogP contribution >= 0.6 is 0 Å². The number of fused-ring (bicyclic) bond motifs is 1. The quantitative estimate of drug-likeness (QED) is 0.775. The summed E-state index contributed by atoms with van der Waals surface area (Å²) >= 11 is 0. The van der Waals surface area contributed by atoms with Gasteiger partial charge in [-0.15, -0.1) is 0 Å². The first kappa shape index (κ1) is 13.2. The van der Waals surface area contributed by atoms with Gasteiger partial charge in [0, 0.05) is 24.1 Å². The van der Waals surface area contributed by atoms with Crippen LogP contribution in [0, 0.1) is 5.92 Å². The predicted molar refractivity (Wildman–Crippen MR) is 73.9 cm³/mol. The Morgan fingerprint density at radius 1 is 1.35 bits per heavy atom. The Morgan fingerprint density at radius 2 is 2.10 bits per heavy atom. The highest BCUT2D eigenvalue weighted by atomic mass is 16.6. The summed E-state index contributed by atoms with van der Waals surface area (Å²) in [6.07, 6.45) is 2.94. The van der Waals surface area contributed by atoms with Crippen molar-refractivity contribution in [3.8, 4) is 0 Å². The molecule has 0 bridgehead atoms. The zero-order valence-corrected chi connectivity index (χ0v) is 11.7. The van der Waals surface area contributed by atoms with E-state index in [9.17, 15) is 9.59 Å². The van der Waals surface area contributed by atoms with Gasteiger partial charge in [0.2, 0.25) is 6.23 Å². The van der Waals surface area contributed by atoms with E-state index in [1.54, 1.807) is 4.90 Å². The summed E-state index contributed by atoms with van der Waals surface area (Å²) in [7, 11) is 0. The molecule has 1 aliphatic carbocycles. The van der Waals surface area contributed by atoms with Gasteiger partial charge >= 0.3 is 5.97 Å². The van der Waals surface area contributed by atoms with Crippen LogP contribution < -0.4 is 0 Å². The zero-order chi connectivity index (χ0) is 14.1. The lowest BCUT2D eigenvalue weighted by Crippen LogP contribution is -2.32. The van der Waals surface area contributed by atoms with Gasteiger partial charge in [-0.2, -0.15) is 0 Å². The van der Waals surface area contributed by atoms with Crippen LogP contribution in [0.15, 0.2) is 24.3 Å². The lowest BCUT2D eigenvalue weighted by atomic mass is 10.1. The highest BCUT2D eigenvalue weighted by molar-refractivity contribution is 5.99. The molecule has 0 radical (unpaired) electrons. The molecule has 0 N–H and O–H groups in total. The topological polar surface area (TPSA) is 46.6 Å². The molecule has 1 aliphatic heterocycles. The van der Waals surface area contributed by atoms with Gasteiger partial charge in [0.05, 0.1) is 0 Å². The minimum absolute atomic E-state index is 0.0122. The Balaban J connectivity index is 1.85. The third kappa shape index (κ3) is 2.42. The Kier molecular flexibility index (Phi) is 3.47. The molecule has 1 amide bonds. The molecule has 1 aromatic carbocycles. The Labute approximate surface area is 118 Å². The number of ether oxygens (including phenoxy) is 1. The van der Waals surface area contributed by atoms with Crippen LogP contribution in [-0.4, -0.2) is 23.3 Å². The highest BCUT2D eigenvalue weighted by Gasteiger charge is 2.41. The number of carbonyl (C=O) groups excluding carboxylic acids is 2. The molecule has 1 atom stereocenters. The summed E-state index contributed by atoms with van der Waals surface area (Å²) in [6.45, 7) is 2.63. The SMILES string of the molecule is CCCC(=O)OC1c2ccccc2C(=O)N1CC1CC1. The standard InChI is InChI=1S/C16H19NO3/c1-2-5-14(18)20-16-13-7-4-3-6-12(13)15(19)17(16)10-11-8-9-11/h3-4,6-7,11,16H,2,5,8-10H2,1H3. The fourth-order valence-electron chi connectivity index (χ4n) is 2.61. The molecule has 1 heterocycles. The lowest BCUT2D eigenvalue weighted by molar-refractivity contribution is -0.156. The second-order valence-corrected chi connectivity index (χ2v) is 5.58. The molecule has 0 aromatic heterocycles. The molecule has 1 saturated carbocycles. The predicted octanol–water partition coefficient (Wildman–Crippen LogP) is 2.89. The van der Waals surface area contributed by atoms with Crippen molar-refractivity contribution in [1.29, 1.82) is 0 Å². The van der Waals surface area contributed by atoms with E-state index in [1.807, 2.05) is 31.2 Å². The van der Waals surface area contributed by atoms with Crippen molar-refractivity contribution in [1.82, 2.24) is 4.90 Å². The van der Waals surface area contributed by atoms with Crippen molar-refractivity contribution in [2.24, 2.45) is 5.92 Å². The van der Waals surface area contributed by atoms with Crippen molar-refractivity contribution < 1.29 is 14.3 Å². The minimum Gasteiger partial charge on any atom is -0.437 e. The Morgan fingerprint density at radius 3 is 2.80 bits per heavy atom. The van der Waals surface area contributed by atoms with Crippen molar-refractivity contribution in [2.45, 2.75) is 38.8 Å². The lowest BCUT2D eigenvalue weighted by Gasteiger charge is -2.25. The van der Waals surface area contributed by atoms with Gasteiger partial charge in [-0.05, 0) is 31.2 Å². The number of amides is 1. The smallest absolute Gasteiger partial charge is 0.307 e. The van der Waals surface area contributed by atoms with E-state index in [0.29, 0.717) is 24.4 Å².